The largest absolute Gasteiger partial charge is 0.381 e. The van der Waals surface area contributed by atoms with Crippen molar-refractivity contribution < 1.29 is 9.13 Å². The molecule has 0 aromatic heterocycles. The van der Waals surface area contributed by atoms with Gasteiger partial charge in [-0.3, -0.25) is 0 Å². The van der Waals surface area contributed by atoms with Crippen molar-refractivity contribution in [1.29, 1.82) is 0 Å². The zero-order chi connectivity index (χ0) is 13.2. The number of benzene rings is 1. The van der Waals surface area contributed by atoms with Gasteiger partial charge in [0.1, 0.15) is 5.82 Å². The van der Waals surface area contributed by atoms with Crippen LogP contribution in [0.15, 0.2) is 24.3 Å². The Morgan fingerprint density at radius 2 is 1.89 bits per heavy atom. The van der Waals surface area contributed by atoms with Crippen molar-refractivity contribution in [3.63, 3.8) is 0 Å². The average molecular weight is 253 g/mol. The van der Waals surface area contributed by atoms with Gasteiger partial charge in [-0.25, -0.2) is 4.39 Å². The normalized spacial score (nSPS) is 12.6. The van der Waals surface area contributed by atoms with Gasteiger partial charge in [-0.1, -0.05) is 26.0 Å². The number of ether oxygens (including phenoxy) is 1. The highest BCUT2D eigenvalue weighted by molar-refractivity contribution is 5.20. The van der Waals surface area contributed by atoms with E-state index in [1.54, 1.807) is 0 Å². The highest BCUT2D eigenvalue weighted by Crippen LogP contribution is 2.19. The predicted octanol–water partition coefficient (Wildman–Crippen LogP) is 3.34. The van der Waals surface area contributed by atoms with Crippen LogP contribution in [-0.4, -0.2) is 26.3 Å². The number of nitrogens with one attached hydrogen (secondary N) is 1. The van der Waals surface area contributed by atoms with Crippen molar-refractivity contribution in [3.05, 3.63) is 35.6 Å². The van der Waals surface area contributed by atoms with Gasteiger partial charge in [0.25, 0.3) is 0 Å². The third-order valence-corrected chi connectivity index (χ3v) is 2.94. The first-order valence-electron chi connectivity index (χ1n) is 6.81. The Labute approximate surface area is 110 Å². The first-order chi connectivity index (χ1) is 8.77. The van der Waals surface area contributed by atoms with Crippen molar-refractivity contribution in [3.8, 4) is 0 Å². The van der Waals surface area contributed by atoms with Crippen LogP contribution in [0, 0.1) is 5.82 Å². The van der Waals surface area contributed by atoms with E-state index < -0.39 is 0 Å². The predicted molar refractivity (Wildman–Crippen MR) is 73.4 cm³/mol. The maximum atomic E-state index is 12.9. The Morgan fingerprint density at radius 1 is 1.17 bits per heavy atom. The Balaban J connectivity index is 2.51. The smallest absolute Gasteiger partial charge is 0.123 e. The molecular formula is C15H24FNO. The van der Waals surface area contributed by atoms with Crippen molar-refractivity contribution in [2.24, 2.45) is 0 Å². The van der Waals surface area contributed by atoms with Gasteiger partial charge in [0.2, 0.25) is 0 Å². The highest BCUT2D eigenvalue weighted by Gasteiger charge is 2.11. The van der Waals surface area contributed by atoms with Crippen LogP contribution in [0.2, 0.25) is 0 Å². The van der Waals surface area contributed by atoms with Crippen LogP contribution in [0.5, 0.6) is 0 Å². The summed E-state index contributed by atoms with van der Waals surface area (Å²) in [5.41, 5.74) is 1.18. The Kier molecular flexibility index (Phi) is 7.62. The highest BCUT2D eigenvalue weighted by atomic mass is 19.1. The summed E-state index contributed by atoms with van der Waals surface area (Å²) in [7, 11) is 0. The molecule has 0 saturated carbocycles. The fraction of sp³-hybridized carbons (Fsp3) is 0.600. The van der Waals surface area contributed by atoms with E-state index in [0.717, 1.165) is 39.1 Å². The molecule has 0 bridgehead atoms. The second kappa shape index (κ2) is 9.06. The maximum absolute atomic E-state index is 12.9. The molecule has 0 radical (unpaired) electrons. The molecule has 0 aliphatic carbocycles. The van der Waals surface area contributed by atoms with Crippen LogP contribution in [0.4, 0.5) is 4.39 Å². The monoisotopic (exact) mass is 253 g/mol. The maximum Gasteiger partial charge on any atom is 0.123 e. The fourth-order valence-corrected chi connectivity index (χ4v) is 1.91. The number of hydrogen-bond acceptors (Lipinski definition) is 2. The molecule has 1 unspecified atom stereocenters. The van der Waals surface area contributed by atoms with E-state index in [2.05, 4.69) is 19.2 Å². The first-order valence-corrected chi connectivity index (χ1v) is 6.81. The molecule has 0 spiro atoms. The van der Waals surface area contributed by atoms with Crippen LogP contribution in [0.1, 0.15) is 38.2 Å². The van der Waals surface area contributed by atoms with Crippen LogP contribution in [0.3, 0.4) is 0 Å². The molecule has 0 aliphatic rings. The second-order valence-corrected chi connectivity index (χ2v) is 4.46. The standard InChI is InChI=1S/C15H24FNO/c1-3-10-18-11-9-14(12-17-4-2)13-5-7-15(16)8-6-13/h5-8,14,17H,3-4,9-12H2,1-2H3. The fourth-order valence-electron chi connectivity index (χ4n) is 1.91. The molecular weight excluding hydrogens is 229 g/mol. The van der Waals surface area contributed by atoms with E-state index in [-0.39, 0.29) is 5.82 Å². The quantitative estimate of drug-likeness (QED) is 0.682. The summed E-state index contributed by atoms with van der Waals surface area (Å²) in [6.07, 6.45) is 2.02. The Bertz CT molecular complexity index is 313. The van der Waals surface area contributed by atoms with Gasteiger partial charge in [-0.05, 0) is 43.0 Å². The van der Waals surface area contributed by atoms with E-state index in [1.165, 1.54) is 17.7 Å². The molecule has 102 valence electrons. The molecule has 0 aliphatic heterocycles. The average Bonchev–Trinajstić information content (AvgIpc) is 2.39. The third kappa shape index (κ3) is 5.61. The summed E-state index contributed by atoms with van der Waals surface area (Å²) in [6, 6.07) is 6.80. The Hall–Kier alpha value is -0.930. The van der Waals surface area contributed by atoms with Crippen molar-refractivity contribution in [1.82, 2.24) is 5.32 Å². The number of hydrogen-bond donors (Lipinski definition) is 1. The minimum Gasteiger partial charge on any atom is -0.381 e. The van der Waals surface area contributed by atoms with Crippen LogP contribution < -0.4 is 5.32 Å². The van der Waals surface area contributed by atoms with Gasteiger partial charge in [-0.15, -0.1) is 0 Å². The van der Waals surface area contributed by atoms with Crippen molar-refractivity contribution >= 4 is 0 Å². The molecule has 0 heterocycles. The lowest BCUT2D eigenvalue weighted by Crippen LogP contribution is -2.22. The zero-order valence-electron chi connectivity index (χ0n) is 11.4. The van der Waals surface area contributed by atoms with Gasteiger partial charge >= 0.3 is 0 Å². The zero-order valence-corrected chi connectivity index (χ0v) is 11.4. The van der Waals surface area contributed by atoms with Crippen molar-refractivity contribution in [2.75, 3.05) is 26.3 Å². The van der Waals surface area contributed by atoms with Gasteiger partial charge in [-0.2, -0.15) is 0 Å². The SMILES string of the molecule is CCCOCCC(CNCC)c1ccc(F)cc1. The van der Waals surface area contributed by atoms with E-state index in [9.17, 15) is 4.39 Å². The molecule has 0 amide bonds. The van der Waals surface area contributed by atoms with Crippen LogP contribution in [0.25, 0.3) is 0 Å². The lowest BCUT2D eigenvalue weighted by atomic mass is 9.96. The van der Waals surface area contributed by atoms with E-state index in [0.29, 0.717) is 5.92 Å². The molecule has 0 fully saturated rings. The molecule has 1 rings (SSSR count). The summed E-state index contributed by atoms with van der Waals surface area (Å²) in [6.45, 7) is 7.65. The molecule has 3 heteroatoms. The summed E-state index contributed by atoms with van der Waals surface area (Å²) in [5.74, 6) is 0.214. The van der Waals surface area contributed by atoms with Gasteiger partial charge in [0.05, 0.1) is 0 Å². The van der Waals surface area contributed by atoms with Gasteiger partial charge < -0.3 is 10.1 Å². The van der Waals surface area contributed by atoms with E-state index in [1.807, 2.05) is 12.1 Å². The first kappa shape index (κ1) is 15.1. The van der Waals surface area contributed by atoms with Crippen molar-refractivity contribution in [2.45, 2.75) is 32.6 Å². The van der Waals surface area contributed by atoms with E-state index in [4.69, 9.17) is 4.74 Å². The summed E-state index contributed by atoms with van der Waals surface area (Å²) in [5, 5.41) is 3.35. The number of halogens is 1. The topological polar surface area (TPSA) is 21.3 Å². The lowest BCUT2D eigenvalue weighted by molar-refractivity contribution is 0.127. The summed E-state index contributed by atoms with van der Waals surface area (Å²) < 4.78 is 18.5. The lowest BCUT2D eigenvalue weighted by Gasteiger charge is -2.18. The Morgan fingerprint density at radius 3 is 2.50 bits per heavy atom. The number of likely N-dealkylation sites (N-methyl/N-ethyl adjacent to an activating group) is 1. The van der Waals surface area contributed by atoms with Crippen LogP contribution in [-0.2, 0) is 4.74 Å². The number of rotatable bonds is 9. The molecule has 18 heavy (non-hydrogen) atoms. The minimum atomic E-state index is -0.178. The molecule has 2 nitrogen and oxygen atoms in total. The van der Waals surface area contributed by atoms with Crippen LogP contribution >= 0.6 is 0 Å². The second-order valence-electron chi connectivity index (χ2n) is 4.46. The molecule has 1 N–H and O–H groups in total. The minimum absolute atomic E-state index is 0.178. The molecule has 1 aromatic carbocycles. The summed E-state index contributed by atoms with van der Waals surface area (Å²) >= 11 is 0. The van der Waals surface area contributed by atoms with Gasteiger partial charge in [0.15, 0.2) is 0 Å². The van der Waals surface area contributed by atoms with Gasteiger partial charge in [0, 0.05) is 19.8 Å². The third-order valence-electron chi connectivity index (χ3n) is 2.94. The molecule has 1 aromatic rings. The van der Waals surface area contributed by atoms with E-state index >= 15 is 0 Å². The summed E-state index contributed by atoms with van der Waals surface area (Å²) in [4.78, 5) is 0. The molecule has 0 saturated heterocycles. The molecule has 1 atom stereocenters.